The molecule has 0 aliphatic carbocycles. The van der Waals surface area contributed by atoms with Gasteiger partial charge in [0.05, 0.1) is 5.92 Å². The van der Waals surface area contributed by atoms with Crippen molar-refractivity contribution in [3.05, 3.63) is 35.1 Å². The zero-order valence-corrected chi connectivity index (χ0v) is 8.11. The van der Waals surface area contributed by atoms with Gasteiger partial charge in [-0.2, -0.15) is 13.2 Å². The summed E-state index contributed by atoms with van der Waals surface area (Å²) in [5.41, 5.74) is 4.95. The van der Waals surface area contributed by atoms with E-state index in [9.17, 15) is 17.6 Å². The zero-order chi connectivity index (χ0) is 11.6. The van der Waals surface area contributed by atoms with E-state index in [0.717, 1.165) is 6.07 Å². The van der Waals surface area contributed by atoms with Crippen LogP contribution in [0.2, 0.25) is 0 Å². The van der Waals surface area contributed by atoms with Crippen molar-refractivity contribution in [1.82, 2.24) is 0 Å². The number of rotatable bonds is 2. The molecule has 1 rings (SSSR count). The average molecular weight is 221 g/mol. The first-order valence-electron chi connectivity index (χ1n) is 4.39. The van der Waals surface area contributed by atoms with Crippen molar-refractivity contribution < 1.29 is 17.6 Å². The summed E-state index contributed by atoms with van der Waals surface area (Å²) < 4.78 is 50.8. The second kappa shape index (κ2) is 4.18. The maximum absolute atomic E-state index is 13.3. The molecule has 0 amide bonds. The van der Waals surface area contributed by atoms with E-state index in [4.69, 9.17) is 5.73 Å². The third-order valence-electron chi connectivity index (χ3n) is 2.25. The molecular formula is C10H11F4N. The molecule has 1 aromatic carbocycles. The lowest BCUT2D eigenvalue weighted by molar-refractivity contribution is -0.148. The molecule has 0 spiro atoms. The van der Waals surface area contributed by atoms with Crippen molar-refractivity contribution in [2.45, 2.75) is 19.0 Å². The van der Waals surface area contributed by atoms with Gasteiger partial charge >= 0.3 is 6.18 Å². The predicted octanol–water partition coefficient (Wildman–Crippen LogP) is 2.74. The summed E-state index contributed by atoms with van der Waals surface area (Å²) in [5, 5.41) is 0. The predicted molar refractivity (Wildman–Crippen MR) is 49.0 cm³/mol. The SMILES string of the molecule is Cc1cccc(F)c1C(CN)C(F)(F)F. The first kappa shape index (κ1) is 12.0. The highest BCUT2D eigenvalue weighted by Crippen LogP contribution is 2.36. The molecule has 0 heterocycles. The molecular weight excluding hydrogens is 210 g/mol. The standard InChI is InChI=1S/C10H11F4N/c1-6-3-2-4-8(11)9(6)7(5-15)10(12,13)14/h2-4,7H,5,15H2,1H3. The van der Waals surface area contributed by atoms with Crippen LogP contribution in [0, 0.1) is 12.7 Å². The molecule has 1 nitrogen and oxygen atoms in total. The first-order valence-corrected chi connectivity index (χ1v) is 4.39. The molecule has 15 heavy (non-hydrogen) atoms. The largest absolute Gasteiger partial charge is 0.397 e. The molecule has 0 aromatic heterocycles. The lowest BCUT2D eigenvalue weighted by Gasteiger charge is -2.21. The molecule has 0 bridgehead atoms. The maximum atomic E-state index is 13.3. The molecule has 0 aliphatic heterocycles. The topological polar surface area (TPSA) is 26.0 Å². The van der Waals surface area contributed by atoms with Gasteiger partial charge in [0.15, 0.2) is 0 Å². The highest BCUT2D eigenvalue weighted by molar-refractivity contribution is 5.32. The summed E-state index contributed by atoms with van der Waals surface area (Å²) in [7, 11) is 0. The van der Waals surface area contributed by atoms with Crippen LogP contribution in [-0.4, -0.2) is 12.7 Å². The summed E-state index contributed by atoms with van der Waals surface area (Å²) >= 11 is 0. The van der Waals surface area contributed by atoms with Crippen LogP contribution in [0.1, 0.15) is 17.0 Å². The fourth-order valence-electron chi connectivity index (χ4n) is 1.50. The van der Waals surface area contributed by atoms with Gasteiger partial charge in [-0.1, -0.05) is 12.1 Å². The van der Waals surface area contributed by atoms with Gasteiger partial charge in [0.1, 0.15) is 5.82 Å². The molecule has 1 unspecified atom stereocenters. The molecule has 0 saturated heterocycles. The van der Waals surface area contributed by atoms with Gasteiger partial charge < -0.3 is 5.73 Å². The average Bonchev–Trinajstić information content (AvgIpc) is 2.09. The fraction of sp³-hybridized carbons (Fsp3) is 0.400. The van der Waals surface area contributed by atoms with E-state index in [1.807, 2.05) is 0 Å². The van der Waals surface area contributed by atoms with E-state index in [-0.39, 0.29) is 11.1 Å². The molecule has 2 N–H and O–H groups in total. The Kier molecular flexibility index (Phi) is 3.34. The molecule has 1 aromatic rings. The number of benzene rings is 1. The maximum Gasteiger partial charge on any atom is 0.397 e. The van der Waals surface area contributed by atoms with E-state index >= 15 is 0 Å². The van der Waals surface area contributed by atoms with Crippen LogP contribution in [0.4, 0.5) is 17.6 Å². The van der Waals surface area contributed by atoms with Crippen molar-refractivity contribution in [2.75, 3.05) is 6.54 Å². The quantitative estimate of drug-likeness (QED) is 0.763. The number of nitrogens with two attached hydrogens (primary N) is 1. The van der Waals surface area contributed by atoms with Gasteiger partial charge in [-0.15, -0.1) is 0 Å². The molecule has 84 valence electrons. The van der Waals surface area contributed by atoms with Crippen molar-refractivity contribution in [1.29, 1.82) is 0 Å². The lowest BCUT2D eigenvalue weighted by atomic mass is 9.94. The highest BCUT2D eigenvalue weighted by atomic mass is 19.4. The Bertz CT molecular complexity index is 326. The second-order valence-corrected chi connectivity index (χ2v) is 3.30. The van der Waals surface area contributed by atoms with Gasteiger partial charge in [-0.25, -0.2) is 4.39 Å². The van der Waals surface area contributed by atoms with Crippen LogP contribution in [0.3, 0.4) is 0 Å². The summed E-state index contributed by atoms with van der Waals surface area (Å²) in [6.07, 6.45) is -4.51. The van der Waals surface area contributed by atoms with E-state index < -0.39 is 24.5 Å². The van der Waals surface area contributed by atoms with Crippen molar-refractivity contribution in [3.8, 4) is 0 Å². The van der Waals surface area contributed by atoms with Crippen LogP contribution < -0.4 is 5.73 Å². The van der Waals surface area contributed by atoms with E-state index in [1.165, 1.54) is 19.1 Å². The van der Waals surface area contributed by atoms with Gasteiger partial charge in [0, 0.05) is 12.1 Å². The molecule has 0 radical (unpaired) electrons. The Morgan fingerprint density at radius 2 is 1.93 bits per heavy atom. The smallest absolute Gasteiger partial charge is 0.330 e. The van der Waals surface area contributed by atoms with Gasteiger partial charge in [-0.3, -0.25) is 0 Å². The first-order chi connectivity index (χ1) is 6.88. The Balaban J connectivity index is 3.24. The molecule has 0 aliphatic rings. The highest BCUT2D eigenvalue weighted by Gasteiger charge is 2.41. The Hall–Kier alpha value is -1.10. The van der Waals surface area contributed by atoms with Gasteiger partial charge in [0.25, 0.3) is 0 Å². The third-order valence-corrected chi connectivity index (χ3v) is 2.25. The number of halogens is 4. The van der Waals surface area contributed by atoms with Crippen LogP contribution >= 0.6 is 0 Å². The summed E-state index contributed by atoms with van der Waals surface area (Å²) in [5.74, 6) is -2.79. The van der Waals surface area contributed by atoms with Gasteiger partial charge in [0.2, 0.25) is 0 Å². The van der Waals surface area contributed by atoms with E-state index in [2.05, 4.69) is 0 Å². The lowest BCUT2D eigenvalue weighted by Crippen LogP contribution is -2.29. The summed E-state index contributed by atoms with van der Waals surface area (Å²) in [6, 6.07) is 3.82. The Morgan fingerprint density at radius 1 is 1.33 bits per heavy atom. The molecule has 0 fully saturated rings. The molecule has 0 saturated carbocycles. The van der Waals surface area contributed by atoms with E-state index in [1.54, 1.807) is 0 Å². The minimum atomic E-state index is -4.51. The van der Waals surface area contributed by atoms with E-state index in [0.29, 0.717) is 0 Å². The Labute approximate surface area is 84.9 Å². The van der Waals surface area contributed by atoms with Crippen LogP contribution in [0.25, 0.3) is 0 Å². The summed E-state index contributed by atoms with van der Waals surface area (Å²) in [6.45, 7) is 0.790. The van der Waals surface area contributed by atoms with Crippen LogP contribution in [-0.2, 0) is 0 Å². The third kappa shape index (κ3) is 2.47. The monoisotopic (exact) mass is 221 g/mol. The fourth-order valence-corrected chi connectivity index (χ4v) is 1.50. The van der Waals surface area contributed by atoms with Crippen molar-refractivity contribution >= 4 is 0 Å². The molecule has 5 heteroatoms. The number of hydrogen-bond donors (Lipinski definition) is 1. The van der Waals surface area contributed by atoms with Crippen molar-refractivity contribution in [2.24, 2.45) is 5.73 Å². The minimum absolute atomic E-state index is 0.266. The Morgan fingerprint density at radius 3 is 2.33 bits per heavy atom. The molecule has 1 atom stereocenters. The summed E-state index contributed by atoms with van der Waals surface area (Å²) in [4.78, 5) is 0. The minimum Gasteiger partial charge on any atom is -0.330 e. The van der Waals surface area contributed by atoms with Crippen molar-refractivity contribution in [3.63, 3.8) is 0 Å². The second-order valence-electron chi connectivity index (χ2n) is 3.30. The van der Waals surface area contributed by atoms with Gasteiger partial charge in [-0.05, 0) is 18.6 Å². The number of alkyl halides is 3. The normalized spacial score (nSPS) is 14.0. The number of aryl methyl sites for hydroxylation is 1. The number of hydrogen-bond acceptors (Lipinski definition) is 1. The van der Waals surface area contributed by atoms with Crippen LogP contribution in [0.5, 0.6) is 0 Å². The zero-order valence-electron chi connectivity index (χ0n) is 8.11. The van der Waals surface area contributed by atoms with Crippen LogP contribution in [0.15, 0.2) is 18.2 Å².